The highest BCUT2D eigenvalue weighted by Crippen LogP contribution is 2.43. The third-order valence-corrected chi connectivity index (χ3v) is 6.69. The number of aromatic nitrogens is 2. The van der Waals surface area contributed by atoms with E-state index in [1.807, 2.05) is 31.2 Å². The van der Waals surface area contributed by atoms with Crippen molar-refractivity contribution in [2.24, 2.45) is 0 Å². The van der Waals surface area contributed by atoms with Crippen LogP contribution >= 0.6 is 38.6 Å². The first-order valence-corrected chi connectivity index (χ1v) is 10.8. The van der Waals surface area contributed by atoms with E-state index >= 15 is 0 Å². The van der Waals surface area contributed by atoms with E-state index < -0.39 is 23.5 Å². The molecule has 0 bridgehead atoms. The van der Waals surface area contributed by atoms with E-state index in [0.717, 1.165) is 9.48 Å². The van der Waals surface area contributed by atoms with Crippen molar-refractivity contribution in [3.63, 3.8) is 0 Å². The highest BCUT2D eigenvalue weighted by molar-refractivity contribution is 9.10. The van der Waals surface area contributed by atoms with Crippen LogP contribution in [0.25, 0.3) is 0 Å². The number of aliphatic hydroxyl groups is 1. The number of Topliss-reactive ketones (excluding diaryl/α,β-unsaturated/α-hetero) is 1. The molecule has 1 atom stereocenters. The van der Waals surface area contributed by atoms with Crippen LogP contribution in [0.2, 0.25) is 0 Å². The number of amides is 1. The Hall–Kier alpha value is -2.36. The van der Waals surface area contributed by atoms with E-state index in [1.54, 1.807) is 18.5 Å². The lowest BCUT2D eigenvalue weighted by atomic mass is 9.95. The summed E-state index contributed by atoms with van der Waals surface area (Å²) < 4.78 is 0.805. The topological polar surface area (TPSA) is 83.4 Å². The number of carbonyl (C=O) groups excluding carboxylic acids is 2. The van der Waals surface area contributed by atoms with Gasteiger partial charge >= 0.3 is 0 Å². The zero-order valence-electron chi connectivity index (χ0n) is 14.8. The molecule has 1 aliphatic heterocycles. The normalized spacial score (nSPS) is 16.9. The number of nitrogens with zero attached hydrogens (tertiary/aromatic N) is 3. The van der Waals surface area contributed by atoms with Crippen molar-refractivity contribution in [2.75, 3.05) is 4.90 Å². The summed E-state index contributed by atoms with van der Waals surface area (Å²) >= 11 is 5.96. The molecular formula is C19H14BrN3O3S2. The molecule has 142 valence electrons. The zero-order valence-corrected chi connectivity index (χ0v) is 18.1. The molecule has 6 nitrogen and oxygen atoms in total. The summed E-state index contributed by atoms with van der Waals surface area (Å²) in [6.07, 6.45) is 1.58. The van der Waals surface area contributed by atoms with E-state index in [9.17, 15) is 14.7 Å². The number of rotatable bonds is 4. The SMILES string of the molecule is Cc1nc(C)c(C(=O)C2=C(O)C(=O)N(c3nccs3)C2c2cccc(Br)c2)s1. The maximum Gasteiger partial charge on any atom is 0.296 e. The third-order valence-electron chi connectivity index (χ3n) is 4.35. The van der Waals surface area contributed by atoms with Crippen molar-refractivity contribution in [1.29, 1.82) is 0 Å². The van der Waals surface area contributed by atoms with Crippen LogP contribution in [0.1, 0.15) is 32.0 Å². The number of anilines is 1. The van der Waals surface area contributed by atoms with Gasteiger partial charge in [-0.25, -0.2) is 9.97 Å². The van der Waals surface area contributed by atoms with Crippen LogP contribution in [0.5, 0.6) is 0 Å². The molecule has 1 N–H and O–H groups in total. The minimum absolute atomic E-state index is 0.0463. The zero-order chi connectivity index (χ0) is 20.0. The Morgan fingerprint density at radius 2 is 2.11 bits per heavy atom. The largest absolute Gasteiger partial charge is 0.503 e. The number of halogens is 1. The standard InChI is InChI=1S/C19H14BrN3O3S2/c1-9-17(28-10(2)22-9)15(24)13-14(11-4-3-5-12(20)8-11)23(18(26)16(13)25)19-21-6-7-27-19/h3-8,14,25H,1-2H3. The molecule has 28 heavy (non-hydrogen) atoms. The monoisotopic (exact) mass is 475 g/mol. The van der Waals surface area contributed by atoms with Gasteiger partial charge in [0.15, 0.2) is 10.9 Å². The molecule has 0 spiro atoms. The second kappa shape index (κ2) is 7.23. The summed E-state index contributed by atoms with van der Waals surface area (Å²) in [5.74, 6) is -1.57. The van der Waals surface area contributed by atoms with Crippen molar-refractivity contribution >= 4 is 55.4 Å². The van der Waals surface area contributed by atoms with Gasteiger partial charge in [0.05, 0.1) is 27.2 Å². The Labute approximate surface area is 177 Å². The van der Waals surface area contributed by atoms with Gasteiger partial charge in [-0.05, 0) is 31.5 Å². The fraction of sp³-hybridized carbons (Fsp3) is 0.158. The van der Waals surface area contributed by atoms with Crippen molar-refractivity contribution in [3.05, 3.63) is 72.8 Å². The van der Waals surface area contributed by atoms with Crippen LogP contribution < -0.4 is 4.90 Å². The van der Waals surface area contributed by atoms with Gasteiger partial charge < -0.3 is 5.11 Å². The first-order chi connectivity index (χ1) is 13.4. The Morgan fingerprint density at radius 3 is 2.71 bits per heavy atom. The highest BCUT2D eigenvalue weighted by atomic mass is 79.9. The molecule has 3 aromatic rings. The number of hydrogen-bond donors (Lipinski definition) is 1. The van der Waals surface area contributed by atoms with Gasteiger partial charge in [0.1, 0.15) is 0 Å². The molecule has 0 aliphatic carbocycles. The van der Waals surface area contributed by atoms with Crippen LogP contribution in [-0.4, -0.2) is 26.8 Å². The van der Waals surface area contributed by atoms with Crippen LogP contribution in [-0.2, 0) is 4.79 Å². The minimum Gasteiger partial charge on any atom is -0.503 e. The summed E-state index contributed by atoms with van der Waals surface area (Å²) in [6.45, 7) is 3.56. The van der Waals surface area contributed by atoms with Gasteiger partial charge in [-0.2, -0.15) is 0 Å². The number of aryl methyl sites for hydroxylation is 2. The molecule has 0 radical (unpaired) electrons. The summed E-state index contributed by atoms with van der Waals surface area (Å²) in [7, 11) is 0. The fourth-order valence-corrected chi connectivity index (χ4v) is 5.18. The lowest BCUT2D eigenvalue weighted by Crippen LogP contribution is -2.30. The van der Waals surface area contributed by atoms with E-state index in [1.165, 1.54) is 27.6 Å². The summed E-state index contributed by atoms with van der Waals surface area (Å²) in [6, 6.07) is 6.56. The average molecular weight is 476 g/mol. The molecule has 4 rings (SSSR count). The number of benzene rings is 1. The van der Waals surface area contributed by atoms with E-state index in [2.05, 4.69) is 25.9 Å². The Morgan fingerprint density at radius 1 is 1.32 bits per heavy atom. The predicted molar refractivity (Wildman–Crippen MR) is 112 cm³/mol. The highest BCUT2D eigenvalue weighted by Gasteiger charge is 2.46. The number of thiazole rings is 2. The number of aliphatic hydroxyl groups excluding tert-OH is 1. The van der Waals surface area contributed by atoms with Gasteiger partial charge in [-0.1, -0.05) is 28.1 Å². The molecule has 9 heteroatoms. The van der Waals surface area contributed by atoms with Gasteiger partial charge in [-0.3, -0.25) is 14.5 Å². The Bertz CT molecular complexity index is 1120. The molecule has 3 heterocycles. The molecule has 0 saturated heterocycles. The fourth-order valence-electron chi connectivity index (χ4n) is 3.23. The molecule has 0 fully saturated rings. The second-order valence-corrected chi connectivity index (χ2v) is 9.18. The maximum atomic E-state index is 13.4. The van der Waals surface area contributed by atoms with Crippen LogP contribution in [0.15, 0.2) is 51.6 Å². The van der Waals surface area contributed by atoms with Crippen molar-refractivity contribution in [3.8, 4) is 0 Å². The number of carbonyl (C=O) groups is 2. The van der Waals surface area contributed by atoms with Gasteiger partial charge in [0.25, 0.3) is 5.91 Å². The van der Waals surface area contributed by atoms with Gasteiger partial charge in [0, 0.05) is 16.0 Å². The summed E-state index contributed by atoms with van der Waals surface area (Å²) in [5, 5.41) is 13.6. The lowest BCUT2D eigenvalue weighted by Gasteiger charge is -2.24. The quantitative estimate of drug-likeness (QED) is 0.549. The van der Waals surface area contributed by atoms with Crippen molar-refractivity contribution in [1.82, 2.24) is 9.97 Å². The number of ketones is 1. The Balaban J connectivity index is 1.90. The minimum atomic E-state index is -0.773. The van der Waals surface area contributed by atoms with Gasteiger partial charge in [-0.15, -0.1) is 22.7 Å². The smallest absolute Gasteiger partial charge is 0.296 e. The number of hydrogen-bond acceptors (Lipinski definition) is 7. The van der Waals surface area contributed by atoms with Crippen LogP contribution in [0, 0.1) is 13.8 Å². The van der Waals surface area contributed by atoms with E-state index in [0.29, 0.717) is 21.3 Å². The summed E-state index contributed by atoms with van der Waals surface area (Å²) in [4.78, 5) is 36.6. The maximum absolute atomic E-state index is 13.4. The first-order valence-electron chi connectivity index (χ1n) is 8.29. The molecule has 0 saturated carbocycles. The van der Waals surface area contributed by atoms with Crippen LogP contribution in [0.3, 0.4) is 0 Å². The van der Waals surface area contributed by atoms with Crippen molar-refractivity contribution < 1.29 is 14.7 Å². The predicted octanol–water partition coefficient (Wildman–Crippen LogP) is 4.76. The van der Waals surface area contributed by atoms with E-state index in [-0.39, 0.29) is 5.57 Å². The molecular weight excluding hydrogens is 462 g/mol. The molecule has 1 aromatic carbocycles. The van der Waals surface area contributed by atoms with E-state index in [4.69, 9.17) is 0 Å². The molecule has 2 aromatic heterocycles. The first kappa shape index (κ1) is 19.0. The van der Waals surface area contributed by atoms with Crippen LogP contribution in [0.4, 0.5) is 5.13 Å². The van der Waals surface area contributed by atoms with Gasteiger partial charge in [0.2, 0.25) is 5.78 Å². The van der Waals surface area contributed by atoms with Crippen molar-refractivity contribution in [2.45, 2.75) is 19.9 Å². The molecule has 1 unspecified atom stereocenters. The summed E-state index contributed by atoms with van der Waals surface area (Å²) in [5.41, 5.74) is 1.33. The Kier molecular flexibility index (Phi) is 4.90. The lowest BCUT2D eigenvalue weighted by molar-refractivity contribution is -0.117. The average Bonchev–Trinajstić information content (AvgIpc) is 3.34. The second-order valence-electron chi connectivity index (χ2n) is 6.19. The molecule has 1 aliphatic rings. The molecule has 1 amide bonds. The third kappa shape index (κ3) is 3.09.